The molecule has 0 atom stereocenters. The lowest BCUT2D eigenvalue weighted by Crippen LogP contribution is -1.88. The van der Waals surface area contributed by atoms with Crippen LogP contribution in [0.15, 0.2) is 48.7 Å². The van der Waals surface area contributed by atoms with E-state index >= 15 is 0 Å². The zero-order valence-corrected chi connectivity index (χ0v) is 11.5. The predicted octanol–water partition coefficient (Wildman–Crippen LogP) is 3.91. The molecular weight excluding hydrogens is 323 g/mol. The van der Waals surface area contributed by atoms with Gasteiger partial charge in [-0.3, -0.25) is 4.40 Å². The summed E-state index contributed by atoms with van der Waals surface area (Å²) in [6, 6.07) is 14.6. The summed E-state index contributed by atoms with van der Waals surface area (Å²) in [5, 5.41) is 0. The molecule has 3 aromatic rings. The number of imidazole rings is 1. The highest BCUT2D eigenvalue weighted by Gasteiger charge is 2.10. The Morgan fingerprint density at radius 1 is 1.06 bits per heavy atom. The van der Waals surface area contributed by atoms with E-state index in [1.165, 1.54) is 16.8 Å². The maximum atomic E-state index is 4.56. The van der Waals surface area contributed by atoms with Gasteiger partial charge in [0.25, 0.3) is 0 Å². The van der Waals surface area contributed by atoms with Crippen LogP contribution in [0, 0.1) is 10.6 Å². The average Bonchev–Trinajstić information content (AvgIpc) is 2.66. The summed E-state index contributed by atoms with van der Waals surface area (Å²) in [6.45, 7) is 2.10. The van der Waals surface area contributed by atoms with Crippen LogP contribution < -0.4 is 0 Å². The molecule has 0 unspecified atom stereocenters. The average molecular weight is 334 g/mol. The topological polar surface area (TPSA) is 17.3 Å². The van der Waals surface area contributed by atoms with Crippen molar-refractivity contribution >= 4 is 28.2 Å². The summed E-state index contributed by atoms with van der Waals surface area (Å²) < 4.78 is 3.17. The minimum absolute atomic E-state index is 0.993. The van der Waals surface area contributed by atoms with E-state index in [1.54, 1.807) is 0 Å². The molecular formula is C14H11IN2. The van der Waals surface area contributed by atoms with Crippen molar-refractivity contribution in [3.63, 3.8) is 0 Å². The quantitative estimate of drug-likeness (QED) is 0.617. The van der Waals surface area contributed by atoms with Crippen LogP contribution >= 0.6 is 22.6 Å². The summed E-state index contributed by atoms with van der Waals surface area (Å²) in [7, 11) is 0. The van der Waals surface area contributed by atoms with E-state index < -0.39 is 0 Å². The molecule has 0 radical (unpaired) electrons. The number of hydrogen-bond donors (Lipinski definition) is 0. The van der Waals surface area contributed by atoms with Crippen LogP contribution in [0.5, 0.6) is 0 Å². The van der Waals surface area contributed by atoms with Gasteiger partial charge >= 0.3 is 0 Å². The Morgan fingerprint density at radius 2 is 1.82 bits per heavy atom. The van der Waals surface area contributed by atoms with Crippen LogP contribution in [0.2, 0.25) is 0 Å². The molecule has 0 saturated carbocycles. The van der Waals surface area contributed by atoms with Gasteiger partial charge < -0.3 is 0 Å². The van der Waals surface area contributed by atoms with Crippen LogP contribution in [0.1, 0.15) is 5.56 Å². The van der Waals surface area contributed by atoms with Crippen molar-refractivity contribution in [2.75, 3.05) is 0 Å². The van der Waals surface area contributed by atoms with Gasteiger partial charge in [0.1, 0.15) is 9.35 Å². The lowest BCUT2D eigenvalue weighted by molar-refractivity contribution is 1.19. The number of aromatic nitrogens is 2. The highest BCUT2D eigenvalue weighted by Crippen LogP contribution is 2.26. The number of halogens is 1. The van der Waals surface area contributed by atoms with E-state index in [2.05, 4.69) is 69.4 Å². The second kappa shape index (κ2) is 4.14. The molecule has 17 heavy (non-hydrogen) atoms. The highest BCUT2D eigenvalue weighted by molar-refractivity contribution is 14.1. The largest absolute Gasteiger partial charge is 0.299 e. The van der Waals surface area contributed by atoms with E-state index in [0.717, 1.165) is 9.35 Å². The number of pyridine rings is 1. The van der Waals surface area contributed by atoms with Crippen LogP contribution in [0.4, 0.5) is 0 Å². The third-order valence-corrected chi connectivity index (χ3v) is 3.56. The standard InChI is InChI=1S/C14H11IN2/c1-10-5-7-11(8-6-10)13-14(15)16-12-4-2-3-9-17(12)13/h2-9H,1H3. The van der Waals surface area contributed by atoms with Crippen molar-refractivity contribution in [2.45, 2.75) is 6.92 Å². The molecule has 3 rings (SSSR count). The minimum Gasteiger partial charge on any atom is -0.299 e. The van der Waals surface area contributed by atoms with E-state index in [0.29, 0.717) is 0 Å². The molecule has 0 fully saturated rings. The van der Waals surface area contributed by atoms with Crippen molar-refractivity contribution in [3.05, 3.63) is 57.9 Å². The lowest BCUT2D eigenvalue weighted by atomic mass is 10.1. The molecule has 0 spiro atoms. The van der Waals surface area contributed by atoms with Crippen molar-refractivity contribution in [3.8, 4) is 11.3 Å². The van der Waals surface area contributed by atoms with Gasteiger partial charge in [-0.2, -0.15) is 0 Å². The molecule has 1 aromatic carbocycles. The Labute approximate surface area is 113 Å². The Balaban J connectivity index is 2.29. The maximum absolute atomic E-state index is 4.56. The van der Waals surface area contributed by atoms with E-state index in [-0.39, 0.29) is 0 Å². The fourth-order valence-electron chi connectivity index (χ4n) is 1.94. The first-order chi connectivity index (χ1) is 8.25. The molecule has 0 amide bonds. The van der Waals surface area contributed by atoms with Gasteiger partial charge in [-0.05, 0) is 41.6 Å². The first kappa shape index (κ1) is 10.8. The molecule has 2 heterocycles. The van der Waals surface area contributed by atoms with E-state index in [9.17, 15) is 0 Å². The molecule has 0 aliphatic carbocycles. The fourth-order valence-corrected chi connectivity index (χ4v) is 2.76. The normalized spacial score (nSPS) is 10.9. The fraction of sp³-hybridized carbons (Fsp3) is 0.0714. The lowest BCUT2D eigenvalue weighted by Gasteiger charge is -2.03. The van der Waals surface area contributed by atoms with Crippen LogP contribution in [-0.2, 0) is 0 Å². The number of benzene rings is 1. The first-order valence-electron chi connectivity index (χ1n) is 5.45. The summed E-state index contributed by atoms with van der Waals surface area (Å²) in [6.07, 6.45) is 2.06. The van der Waals surface area contributed by atoms with Gasteiger partial charge in [-0.25, -0.2) is 4.98 Å². The number of hydrogen-bond acceptors (Lipinski definition) is 1. The van der Waals surface area contributed by atoms with Crippen molar-refractivity contribution in [1.82, 2.24) is 9.38 Å². The number of rotatable bonds is 1. The van der Waals surface area contributed by atoms with Crippen molar-refractivity contribution in [1.29, 1.82) is 0 Å². The molecule has 0 saturated heterocycles. The van der Waals surface area contributed by atoms with E-state index in [1.807, 2.05) is 18.2 Å². The van der Waals surface area contributed by atoms with Gasteiger partial charge in [0.15, 0.2) is 0 Å². The van der Waals surface area contributed by atoms with Crippen LogP contribution in [0.25, 0.3) is 16.9 Å². The van der Waals surface area contributed by atoms with Gasteiger partial charge in [0, 0.05) is 11.8 Å². The zero-order valence-electron chi connectivity index (χ0n) is 9.39. The Hall–Kier alpha value is -1.36. The Morgan fingerprint density at radius 3 is 2.59 bits per heavy atom. The number of aryl methyl sites for hydroxylation is 1. The van der Waals surface area contributed by atoms with Gasteiger partial charge in [-0.1, -0.05) is 35.9 Å². The third-order valence-electron chi connectivity index (χ3n) is 2.81. The maximum Gasteiger partial charge on any atom is 0.138 e. The van der Waals surface area contributed by atoms with Crippen LogP contribution in [-0.4, -0.2) is 9.38 Å². The monoisotopic (exact) mass is 334 g/mol. The third kappa shape index (κ3) is 1.84. The summed E-state index contributed by atoms with van der Waals surface area (Å²) in [5.41, 5.74) is 4.64. The number of nitrogens with zero attached hydrogens (tertiary/aromatic N) is 2. The highest BCUT2D eigenvalue weighted by atomic mass is 127. The smallest absolute Gasteiger partial charge is 0.138 e. The summed E-state index contributed by atoms with van der Waals surface area (Å²) >= 11 is 2.29. The van der Waals surface area contributed by atoms with Crippen molar-refractivity contribution in [2.24, 2.45) is 0 Å². The summed E-state index contributed by atoms with van der Waals surface area (Å²) in [5.74, 6) is 0. The molecule has 0 aliphatic rings. The van der Waals surface area contributed by atoms with Crippen molar-refractivity contribution < 1.29 is 0 Å². The molecule has 84 valence electrons. The SMILES string of the molecule is Cc1ccc(-c2c(I)nc3ccccn23)cc1. The van der Waals surface area contributed by atoms with Gasteiger partial charge in [0.2, 0.25) is 0 Å². The Bertz CT molecular complexity index is 668. The van der Waals surface area contributed by atoms with Gasteiger partial charge in [0.05, 0.1) is 5.69 Å². The molecule has 0 aliphatic heterocycles. The van der Waals surface area contributed by atoms with E-state index in [4.69, 9.17) is 0 Å². The molecule has 3 heteroatoms. The molecule has 2 aromatic heterocycles. The molecule has 2 nitrogen and oxygen atoms in total. The zero-order chi connectivity index (χ0) is 11.8. The first-order valence-corrected chi connectivity index (χ1v) is 6.53. The van der Waals surface area contributed by atoms with Crippen LogP contribution in [0.3, 0.4) is 0 Å². The molecule has 0 bridgehead atoms. The second-order valence-electron chi connectivity index (χ2n) is 4.05. The summed E-state index contributed by atoms with van der Waals surface area (Å²) in [4.78, 5) is 4.56. The minimum atomic E-state index is 0.993. The predicted molar refractivity (Wildman–Crippen MR) is 78.1 cm³/mol. The second-order valence-corrected chi connectivity index (χ2v) is 5.07. The Kier molecular flexibility index (Phi) is 2.63. The number of fused-ring (bicyclic) bond motifs is 1. The molecule has 0 N–H and O–H groups in total. The van der Waals surface area contributed by atoms with Gasteiger partial charge in [-0.15, -0.1) is 0 Å².